The van der Waals surface area contributed by atoms with Crippen molar-refractivity contribution in [2.24, 2.45) is 5.73 Å². The molecule has 2 heterocycles. The van der Waals surface area contributed by atoms with E-state index in [1.54, 1.807) is 0 Å². The molecule has 0 atom stereocenters. The summed E-state index contributed by atoms with van der Waals surface area (Å²) >= 11 is 12.3. The van der Waals surface area contributed by atoms with Gasteiger partial charge in [-0.3, -0.25) is 9.88 Å². The highest BCUT2D eigenvalue weighted by Crippen LogP contribution is 2.23. The second-order valence-corrected chi connectivity index (χ2v) is 8.81. The van der Waals surface area contributed by atoms with E-state index in [0.717, 1.165) is 78.3 Å². The normalized spacial score (nSPS) is 15.7. The number of rotatable bonds is 11. The Labute approximate surface area is 190 Å². The van der Waals surface area contributed by atoms with Gasteiger partial charge in [0.05, 0.1) is 10.0 Å². The number of hydrogen-bond donors (Lipinski definition) is 1. The molecule has 1 aliphatic heterocycles. The number of pyridine rings is 1. The molecule has 1 fully saturated rings. The van der Waals surface area contributed by atoms with Crippen LogP contribution in [0.4, 0.5) is 0 Å². The summed E-state index contributed by atoms with van der Waals surface area (Å²) in [6.07, 6.45) is 5.96. The molecule has 5 nitrogen and oxygen atoms in total. The van der Waals surface area contributed by atoms with E-state index >= 15 is 0 Å². The molecule has 0 radical (unpaired) electrons. The van der Waals surface area contributed by atoms with E-state index < -0.39 is 0 Å². The van der Waals surface area contributed by atoms with E-state index in [-0.39, 0.29) is 0 Å². The Bertz CT molecular complexity index is 751. The minimum Gasteiger partial charge on any atom is -0.330 e. The number of nitrogens with zero attached hydrogens (tertiary/aromatic N) is 4. The van der Waals surface area contributed by atoms with E-state index in [0.29, 0.717) is 10.0 Å². The van der Waals surface area contributed by atoms with Crippen molar-refractivity contribution < 1.29 is 0 Å². The van der Waals surface area contributed by atoms with Crippen LogP contribution in [0.15, 0.2) is 42.7 Å². The Morgan fingerprint density at radius 2 is 1.47 bits per heavy atom. The minimum absolute atomic E-state index is 0.603. The molecular formula is C23H33Cl2N5. The van der Waals surface area contributed by atoms with Crippen LogP contribution >= 0.6 is 23.2 Å². The quantitative estimate of drug-likeness (QED) is 0.565. The number of halogens is 2. The topological polar surface area (TPSA) is 48.6 Å². The van der Waals surface area contributed by atoms with Gasteiger partial charge in [0.15, 0.2) is 0 Å². The Morgan fingerprint density at radius 1 is 0.833 bits per heavy atom. The summed E-state index contributed by atoms with van der Waals surface area (Å²) in [5.41, 5.74) is 8.10. The van der Waals surface area contributed by atoms with Crippen LogP contribution in [-0.4, -0.2) is 72.0 Å². The van der Waals surface area contributed by atoms with Gasteiger partial charge >= 0.3 is 0 Å². The fourth-order valence-electron chi connectivity index (χ4n) is 3.93. The number of piperazine rings is 1. The molecule has 2 N–H and O–H groups in total. The smallest absolute Gasteiger partial charge is 0.0595 e. The molecule has 0 unspecified atom stereocenters. The highest BCUT2D eigenvalue weighted by atomic mass is 35.5. The second kappa shape index (κ2) is 12.6. The zero-order valence-corrected chi connectivity index (χ0v) is 19.2. The first-order valence-electron chi connectivity index (χ1n) is 10.8. The van der Waals surface area contributed by atoms with Gasteiger partial charge in [0.1, 0.15) is 0 Å². The van der Waals surface area contributed by atoms with Gasteiger partial charge in [-0.2, -0.15) is 0 Å². The Morgan fingerprint density at radius 3 is 2.10 bits per heavy atom. The van der Waals surface area contributed by atoms with Crippen LogP contribution in [0.25, 0.3) is 0 Å². The molecule has 0 aliphatic carbocycles. The lowest BCUT2D eigenvalue weighted by Gasteiger charge is -2.35. The summed E-state index contributed by atoms with van der Waals surface area (Å²) in [7, 11) is 0. The predicted molar refractivity (Wildman–Crippen MR) is 126 cm³/mol. The second-order valence-electron chi connectivity index (χ2n) is 7.99. The standard InChI is InChI=1S/C23H33Cl2N5/c24-22-4-3-21(17-23(22)25)19-30(18-20-5-8-27-9-6-20)12-2-11-29-15-13-28(14-16-29)10-1-7-26/h3-6,8-9,17H,1-2,7,10-16,18-19,26H2. The lowest BCUT2D eigenvalue weighted by molar-refractivity contribution is 0.125. The summed E-state index contributed by atoms with van der Waals surface area (Å²) in [4.78, 5) is 11.7. The molecule has 1 aliphatic rings. The molecular weight excluding hydrogens is 417 g/mol. The SMILES string of the molecule is NCCCN1CCN(CCCN(Cc2ccncc2)Cc2ccc(Cl)c(Cl)c2)CC1. The fourth-order valence-corrected chi connectivity index (χ4v) is 4.25. The lowest BCUT2D eigenvalue weighted by Crippen LogP contribution is -2.47. The van der Waals surface area contributed by atoms with Gasteiger partial charge in [0.25, 0.3) is 0 Å². The van der Waals surface area contributed by atoms with Crippen LogP contribution in [-0.2, 0) is 13.1 Å². The summed E-state index contributed by atoms with van der Waals surface area (Å²) in [5.74, 6) is 0. The van der Waals surface area contributed by atoms with E-state index in [1.165, 1.54) is 11.1 Å². The molecule has 1 saturated heterocycles. The van der Waals surface area contributed by atoms with Gasteiger partial charge < -0.3 is 15.5 Å². The number of hydrogen-bond acceptors (Lipinski definition) is 5. The van der Waals surface area contributed by atoms with E-state index in [4.69, 9.17) is 28.9 Å². The van der Waals surface area contributed by atoms with Crippen LogP contribution < -0.4 is 5.73 Å². The Hall–Kier alpha value is -1.21. The van der Waals surface area contributed by atoms with Crippen molar-refractivity contribution in [3.8, 4) is 0 Å². The van der Waals surface area contributed by atoms with Gasteiger partial charge in [0, 0.05) is 58.2 Å². The minimum atomic E-state index is 0.603. The van der Waals surface area contributed by atoms with Crippen LogP contribution in [0.5, 0.6) is 0 Å². The molecule has 3 rings (SSSR count). The fraction of sp³-hybridized carbons (Fsp3) is 0.522. The summed E-state index contributed by atoms with van der Waals surface area (Å²) in [5, 5.41) is 1.22. The molecule has 30 heavy (non-hydrogen) atoms. The summed E-state index contributed by atoms with van der Waals surface area (Å²) in [6.45, 7) is 10.5. The van der Waals surface area contributed by atoms with Crippen LogP contribution in [0, 0.1) is 0 Å². The van der Waals surface area contributed by atoms with Gasteiger partial charge in [-0.15, -0.1) is 0 Å². The number of benzene rings is 1. The maximum atomic E-state index is 6.23. The lowest BCUT2D eigenvalue weighted by atomic mass is 10.1. The molecule has 0 spiro atoms. The Balaban J connectivity index is 1.50. The van der Waals surface area contributed by atoms with Gasteiger partial charge in [-0.05, 0) is 67.9 Å². The first kappa shape index (κ1) is 23.5. The summed E-state index contributed by atoms with van der Waals surface area (Å²) < 4.78 is 0. The maximum Gasteiger partial charge on any atom is 0.0595 e. The molecule has 164 valence electrons. The van der Waals surface area contributed by atoms with Crippen molar-refractivity contribution >= 4 is 23.2 Å². The van der Waals surface area contributed by atoms with E-state index in [1.807, 2.05) is 24.5 Å². The van der Waals surface area contributed by atoms with Crippen molar-refractivity contribution in [1.82, 2.24) is 19.7 Å². The third-order valence-corrected chi connectivity index (χ3v) is 6.38. The van der Waals surface area contributed by atoms with Crippen LogP contribution in [0.1, 0.15) is 24.0 Å². The number of aromatic nitrogens is 1. The molecule has 0 saturated carbocycles. The van der Waals surface area contributed by atoms with Crippen molar-refractivity contribution in [2.45, 2.75) is 25.9 Å². The monoisotopic (exact) mass is 449 g/mol. The number of nitrogens with two attached hydrogens (primary N) is 1. The largest absolute Gasteiger partial charge is 0.330 e. The van der Waals surface area contributed by atoms with Crippen molar-refractivity contribution in [3.63, 3.8) is 0 Å². The van der Waals surface area contributed by atoms with Crippen LogP contribution in [0.3, 0.4) is 0 Å². The average Bonchev–Trinajstić information content (AvgIpc) is 2.76. The van der Waals surface area contributed by atoms with E-state index in [2.05, 4.69) is 37.9 Å². The van der Waals surface area contributed by atoms with Crippen molar-refractivity contribution in [1.29, 1.82) is 0 Å². The first-order valence-corrected chi connectivity index (χ1v) is 11.6. The predicted octanol–water partition coefficient (Wildman–Crippen LogP) is 3.75. The average molecular weight is 450 g/mol. The molecule has 1 aromatic carbocycles. The first-order chi connectivity index (χ1) is 14.6. The molecule has 1 aromatic heterocycles. The maximum absolute atomic E-state index is 6.23. The molecule has 0 amide bonds. The van der Waals surface area contributed by atoms with Crippen LogP contribution in [0.2, 0.25) is 10.0 Å². The van der Waals surface area contributed by atoms with Gasteiger partial charge in [0.2, 0.25) is 0 Å². The molecule has 2 aromatic rings. The highest BCUT2D eigenvalue weighted by molar-refractivity contribution is 6.42. The third-order valence-electron chi connectivity index (χ3n) is 5.64. The molecule has 7 heteroatoms. The van der Waals surface area contributed by atoms with Gasteiger partial charge in [-0.1, -0.05) is 29.3 Å². The van der Waals surface area contributed by atoms with Gasteiger partial charge in [-0.25, -0.2) is 0 Å². The zero-order chi connectivity index (χ0) is 21.2. The zero-order valence-electron chi connectivity index (χ0n) is 17.6. The van der Waals surface area contributed by atoms with Crippen molar-refractivity contribution in [3.05, 3.63) is 63.9 Å². The highest BCUT2D eigenvalue weighted by Gasteiger charge is 2.16. The van der Waals surface area contributed by atoms with E-state index in [9.17, 15) is 0 Å². The third kappa shape index (κ3) is 7.80. The Kier molecular flexibility index (Phi) is 9.85. The molecule has 0 bridgehead atoms. The summed E-state index contributed by atoms with van der Waals surface area (Å²) in [6, 6.07) is 10.1. The van der Waals surface area contributed by atoms with Crippen molar-refractivity contribution in [2.75, 3.05) is 52.4 Å².